The van der Waals surface area contributed by atoms with Crippen molar-refractivity contribution in [3.05, 3.63) is 18.5 Å². The summed E-state index contributed by atoms with van der Waals surface area (Å²) in [5, 5.41) is 3.02. The quantitative estimate of drug-likeness (QED) is 0.664. The van der Waals surface area contributed by atoms with E-state index in [2.05, 4.69) is 21.9 Å². The normalized spacial score (nSPS) is 15.8. The van der Waals surface area contributed by atoms with Gasteiger partial charge in [-0.15, -0.1) is 0 Å². The lowest BCUT2D eigenvalue weighted by atomic mass is 10.00. The van der Waals surface area contributed by atoms with Gasteiger partial charge in [0.25, 0.3) is 0 Å². The summed E-state index contributed by atoms with van der Waals surface area (Å²) in [6, 6.07) is 0.146. The summed E-state index contributed by atoms with van der Waals surface area (Å²) in [4.78, 5) is 22.4. The number of amides is 1. The van der Waals surface area contributed by atoms with Crippen LogP contribution in [0.2, 0.25) is 0 Å². The number of fused-ring (bicyclic) bond motifs is 1. The summed E-state index contributed by atoms with van der Waals surface area (Å²) in [7, 11) is 1.45. The van der Waals surface area contributed by atoms with E-state index in [4.69, 9.17) is 21.7 Å². The zero-order chi connectivity index (χ0) is 15.8. The standard InChI is InChI=1S/C13H16N4O3S/c1-7(2)20-12(18)17-9-8(6-14-11(16-9)19-5)15-10(21)13(17,3)4/h6H,1H2,2-5H3,(H,15,21). The SMILES string of the molecule is C=C(C)OC(=O)N1c2nc(OC)ncc2NC(=S)C1(C)C. The first-order valence-corrected chi connectivity index (χ1v) is 6.58. The first kappa shape index (κ1) is 15.2. The number of thiocarbonyl (C=S) groups is 1. The van der Waals surface area contributed by atoms with E-state index in [0.717, 1.165) is 0 Å². The van der Waals surface area contributed by atoms with Crippen molar-refractivity contribution in [3.63, 3.8) is 0 Å². The highest BCUT2D eigenvalue weighted by Gasteiger charge is 2.43. The fourth-order valence-electron chi connectivity index (χ4n) is 1.87. The van der Waals surface area contributed by atoms with Gasteiger partial charge in [0.1, 0.15) is 10.7 Å². The monoisotopic (exact) mass is 308 g/mol. The van der Waals surface area contributed by atoms with Gasteiger partial charge in [0, 0.05) is 0 Å². The van der Waals surface area contributed by atoms with E-state index < -0.39 is 11.6 Å². The van der Waals surface area contributed by atoms with Crippen LogP contribution in [0.4, 0.5) is 16.3 Å². The maximum absolute atomic E-state index is 12.4. The Hall–Kier alpha value is -2.22. The molecule has 2 heterocycles. The summed E-state index contributed by atoms with van der Waals surface area (Å²) in [5.74, 6) is 0.620. The van der Waals surface area contributed by atoms with E-state index >= 15 is 0 Å². The van der Waals surface area contributed by atoms with Crippen LogP contribution in [0.1, 0.15) is 20.8 Å². The molecule has 0 aromatic carbocycles. The molecule has 0 bridgehead atoms. The molecule has 0 radical (unpaired) electrons. The van der Waals surface area contributed by atoms with Gasteiger partial charge in [-0.3, -0.25) is 0 Å². The van der Waals surface area contributed by atoms with E-state index in [1.54, 1.807) is 20.8 Å². The highest BCUT2D eigenvalue weighted by Crippen LogP contribution is 2.37. The summed E-state index contributed by atoms with van der Waals surface area (Å²) in [6.07, 6.45) is 0.891. The van der Waals surface area contributed by atoms with Gasteiger partial charge >= 0.3 is 12.1 Å². The number of hydrogen-bond donors (Lipinski definition) is 1. The Bertz CT molecular complexity index is 630. The lowest BCUT2D eigenvalue weighted by molar-refractivity contribution is 0.180. The Labute approximate surface area is 128 Å². The molecule has 0 aliphatic carbocycles. The highest BCUT2D eigenvalue weighted by molar-refractivity contribution is 7.80. The van der Waals surface area contributed by atoms with Crippen molar-refractivity contribution >= 4 is 34.8 Å². The van der Waals surface area contributed by atoms with Gasteiger partial charge in [-0.1, -0.05) is 18.8 Å². The lowest BCUT2D eigenvalue weighted by Crippen LogP contribution is -2.58. The van der Waals surface area contributed by atoms with Crippen LogP contribution < -0.4 is 15.0 Å². The van der Waals surface area contributed by atoms with Crippen LogP contribution in [0.5, 0.6) is 6.01 Å². The molecule has 0 saturated heterocycles. The number of methoxy groups -OCH3 is 1. The zero-order valence-corrected chi connectivity index (χ0v) is 13.1. The third kappa shape index (κ3) is 2.66. The maximum Gasteiger partial charge on any atom is 0.421 e. The number of rotatable bonds is 2. The molecule has 1 amide bonds. The topological polar surface area (TPSA) is 76.6 Å². The van der Waals surface area contributed by atoms with Gasteiger partial charge in [0.15, 0.2) is 5.82 Å². The molecule has 112 valence electrons. The van der Waals surface area contributed by atoms with Crippen LogP contribution in [0.3, 0.4) is 0 Å². The molecule has 0 spiro atoms. The summed E-state index contributed by atoms with van der Waals surface area (Å²) in [6.45, 7) is 8.74. The molecule has 7 nitrogen and oxygen atoms in total. The minimum absolute atomic E-state index is 0.146. The number of allylic oxidation sites excluding steroid dienone is 1. The Kier molecular flexibility index (Phi) is 3.82. The molecule has 0 saturated carbocycles. The van der Waals surface area contributed by atoms with Crippen LogP contribution >= 0.6 is 12.2 Å². The molecule has 8 heteroatoms. The van der Waals surface area contributed by atoms with Crippen molar-refractivity contribution in [2.75, 3.05) is 17.3 Å². The number of nitrogens with one attached hydrogen (secondary N) is 1. The third-order valence-electron chi connectivity index (χ3n) is 2.95. The predicted molar refractivity (Wildman–Crippen MR) is 82.7 cm³/mol. The molecule has 1 aromatic heterocycles. The summed E-state index contributed by atoms with van der Waals surface area (Å²) >= 11 is 5.32. The van der Waals surface area contributed by atoms with E-state index in [1.165, 1.54) is 18.2 Å². The van der Waals surface area contributed by atoms with Crippen LogP contribution in [-0.2, 0) is 4.74 Å². The van der Waals surface area contributed by atoms with Gasteiger partial charge in [0.2, 0.25) is 0 Å². The Morgan fingerprint density at radius 3 is 2.76 bits per heavy atom. The van der Waals surface area contributed by atoms with Crippen molar-refractivity contribution in [1.29, 1.82) is 0 Å². The largest absolute Gasteiger partial charge is 0.467 e. The number of ether oxygens (including phenoxy) is 2. The average molecular weight is 308 g/mol. The molecule has 0 unspecified atom stereocenters. The fraction of sp³-hybridized carbons (Fsp3) is 0.385. The van der Waals surface area contributed by atoms with E-state index in [1.807, 2.05) is 0 Å². The van der Waals surface area contributed by atoms with Crippen LogP contribution in [-0.4, -0.2) is 33.7 Å². The van der Waals surface area contributed by atoms with Crippen molar-refractivity contribution in [3.8, 4) is 6.01 Å². The maximum atomic E-state index is 12.4. The molecule has 0 fully saturated rings. The minimum Gasteiger partial charge on any atom is -0.467 e. The van der Waals surface area contributed by atoms with Gasteiger partial charge in [-0.05, 0) is 20.8 Å². The molecular weight excluding hydrogens is 292 g/mol. The molecule has 1 aliphatic heterocycles. The van der Waals surface area contributed by atoms with Crippen molar-refractivity contribution < 1.29 is 14.3 Å². The van der Waals surface area contributed by atoms with Crippen LogP contribution in [0, 0.1) is 0 Å². The van der Waals surface area contributed by atoms with Crippen LogP contribution in [0.15, 0.2) is 18.5 Å². The smallest absolute Gasteiger partial charge is 0.421 e. The highest BCUT2D eigenvalue weighted by atomic mass is 32.1. The molecule has 21 heavy (non-hydrogen) atoms. The Morgan fingerprint density at radius 2 is 2.19 bits per heavy atom. The second-order valence-corrected chi connectivity index (χ2v) is 5.42. The second-order valence-electron chi connectivity index (χ2n) is 5.01. The van der Waals surface area contributed by atoms with E-state index in [9.17, 15) is 4.79 Å². The van der Waals surface area contributed by atoms with Crippen molar-refractivity contribution in [2.45, 2.75) is 26.3 Å². The van der Waals surface area contributed by atoms with Gasteiger partial charge in [0.05, 0.1) is 24.6 Å². The van der Waals surface area contributed by atoms with E-state index in [-0.39, 0.29) is 11.8 Å². The van der Waals surface area contributed by atoms with Gasteiger partial charge in [-0.25, -0.2) is 14.7 Å². The number of nitrogens with zero attached hydrogens (tertiary/aromatic N) is 3. The Balaban J connectivity index is 2.56. The summed E-state index contributed by atoms with van der Waals surface area (Å²) < 4.78 is 10.1. The molecule has 1 aromatic rings. The number of hydrogen-bond acceptors (Lipinski definition) is 6. The minimum atomic E-state index is -0.811. The molecule has 1 aliphatic rings. The number of aromatic nitrogens is 2. The van der Waals surface area contributed by atoms with E-state index in [0.29, 0.717) is 16.5 Å². The zero-order valence-electron chi connectivity index (χ0n) is 12.3. The van der Waals surface area contributed by atoms with Crippen molar-refractivity contribution in [2.24, 2.45) is 0 Å². The van der Waals surface area contributed by atoms with Crippen molar-refractivity contribution in [1.82, 2.24) is 9.97 Å². The molecular formula is C13H16N4O3S. The van der Waals surface area contributed by atoms with Crippen LogP contribution in [0.25, 0.3) is 0 Å². The Morgan fingerprint density at radius 1 is 1.52 bits per heavy atom. The summed E-state index contributed by atoms with van der Waals surface area (Å²) in [5.41, 5.74) is -0.299. The molecule has 2 rings (SSSR count). The molecule has 0 atom stereocenters. The number of carbonyl (C=O) groups excluding carboxylic acids is 1. The fourth-order valence-corrected chi connectivity index (χ4v) is 2.07. The molecule has 1 N–H and O–H groups in total. The predicted octanol–water partition coefficient (Wildman–Crippen LogP) is 2.49. The first-order chi connectivity index (χ1) is 9.77. The number of anilines is 2. The second kappa shape index (κ2) is 5.28. The number of carbonyl (C=O) groups is 1. The van der Waals surface area contributed by atoms with Gasteiger partial charge < -0.3 is 14.8 Å². The average Bonchev–Trinajstić information content (AvgIpc) is 2.38. The van der Waals surface area contributed by atoms with Gasteiger partial charge in [-0.2, -0.15) is 4.98 Å². The lowest BCUT2D eigenvalue weighted by Gasteiger charge is -2.41. The third-order valence-corrected chi connectivity index (χ3v) is 3.55. The first-order valence-electron chi connectivity index (χ1n) is 6.17.